The van der Waals surface area contributed by atoms with E-state index in [1.807, 2.05) is 20.8 Å². The number of anilines is 1. The van der Waals surface area contributed by atoms with Crippen molar-refractivity contribution in [2.24, 2.45) is 0 Å². The third kappa shape index (κ3) is 3.69. The third-order valence-electron chi connectivity index (χ3n) is 2.95. The van der Waals surface area contributed by atoms with E-state index < -0.39 is 11.6 Å². The van der Waals surface area contributed by atoms with Crippen molar-refractivity contribution in [3.63, 3.8) is 0 Å². The molecule has 1 amide bonds. The van der Waals surface area contributed by atoms with Crippen LogP contribution in [0.1, 0.15) is 26.5 Å². The number of nitrogens with one attached hydrogen (secondary N) is 2. The van der Waals surface area contributed by atoms with Gasteiger partial charge < -0.3 is 10.6 Å². The van der Waals surface area contributed by atoms with Crippen LogP contribution in [-0.2, 0) is 4.79 Å². The minimum absolute atomic E-state index is 0.0365. The molecule has 0 aliphatic carbocycles. The van der Waals surface area contributed by atoms with E-state index >= 15 is 0 Å². The predicted molar refractivity (Wildman–Crippen MR) is 82.8 cm³/mol. The van der Waals surface area contributed by atoms with Gasteiger partial charge >= 0.3 is 0 Å². The van der Waals surface area contributed by atoms with Crippen LogP contribution in [0.5, 0.6) is 0 Å². The number of benzene rings is 1. The molecule has 2 aromatic rings. The molecule has 0 aliphatic heterocycles. The molecule has 118 valence electrons. The van der Waals surface area contributed by atoms with Crippen molar-refractivity contribution >= 4 is 22.5 Å². The van der Waals surface area contributed by atoms with Gasteiger partial charge in [0.15, 0.2) is 11.6 Å². The summed E-state index contributed by atoms with van der Waals surface area (Å²) in [5, 5.41) is 6.22. The summed E-state index contributed by atoms with van der Waals surface area (Å²) in [5.74, 6) is -2.11. The van der Waals surface area contributed by atoms with Crippen LogP contribution in [0.3, 0.4) is 0 Å². The van der Waals surface area contributed by atoms with Gasteiger partial charge in [0.25, 0.3) is 0 Å². The topological polar surface area (TPSA) is 54.0 Å². The Hall–Kier alpha value is -2.24. The first-order valence-electron chi connectivity index (χ1n) is 6.97. The maximum Gasteiger partial charge on any atom is 0.239 e. The van der Waals surface area contributed by atoms with E-state index in [-0.39, 0.29) is 23.5 Å². The molecule has 0 bridgehead atoms. The molecule has 1 aromatic carbocycles. The van der Waals surface area contributed by atoms with Crippen LogP contribution in [0.25, 0.3) is 10.9 Å². The Kier molecular flexibility index (Phi) is 4.30. The largest absolute Gasteiger partial charge is 0.376 e. The van der Waals surface area contributed by atoms with Crippen LogP contribution in [0, 0.1) is 18.6 Å². The minimum atomic E-state index is -0.983. The summed E-state index contributed by atoms with van der Waals surface area (Å²) in [6, 6.07) is 4.20. The zero-order valence-corrected chi connectivity index (χ0v) is 13.1. The molecule has 0 saturated carbocycles. The van der Waals surface area contributed by atoms with Crippen molar-refractivity contribution in [1.82, 2.24) is 10.3 Å². The predicted octanol–water partition coefficient (Wildman–Crippen LogP) is 3.15. The van der Waals surface area contributed by atoms with Crippen molar-refractivity contribution in [1.29, 1.82) is 0 Å². The number of hydrogen-bond donors (Lipinski definition) is 2. The molecule has 0 atom stereocenters. The van der Waals surface area contributed by atoms with Gasteiger partial charge in [-0.15, -0.1) is 0 Å². The molecule has 6 heteroatoms. The average molecular weight is 307 g/mol. The Morgan fingerprint density at radius 3 is 2.59 bits per heavy atom. The molecule has 0 fully saturated rings. The summed E-state index contributed by atoms with van der Waals surface area (Å²) < 4.78 is 27.1. The summed E-state index contributed by atoms with van der Waals surface area (Å²) in [6.45, 7) is 7.37. The Morgan fingerprint density at radius 2 is 1.95 bits per heavy atom. The van der Waals surface area contributed by atoms with E-state index in [2.05, 4.69) is 15.6 Å². The lowest BCUT2D eigenvalue weighted by atomic mass is 10.1. The molecule has 22 heavy (non-hydrogen) atoms. The number of fused-ring (bicyclic) bond motifs is 1. The molecule has 4 nitrogen and oxygen atoms in total. The highest BCUT2D eigenvalue weighted by Gasteiger charge is 2.15. The summed E-state index contributed by atoms with van der Waals surface area (Å²) in [4.78, 5) is 15.9. The molecule has 0 radical (unpaired) electrons. The van der Waals surface area contributed by atoms with E-state index in [0.717, 1.165) is 6.07 Å². The molecule has 0 aliphatic rings. The molecule has 1 aromatic heterocycles. The Morgan fingerprint density at radius 1 is 1.27 bits per heavy atom. The first-order valence-corrected chi connectivity index (χ1v) is 6.97. The van der Waals surface area contributed by atoms with Crippen molar-refractivity contribution in [3.05, 3.63) is 35.5 Å². The van der Waals surface area contributed by atoms with Gasteiger partial charge in [-0.1, -0.05) is 0 Å². The van der Waals surface area contributed by atoms with Crippen molar-refractivity contribution < 1.29 is 13.6 Å². The zero-order valence-electron chi connectivity index (χ0n) is 13.1. The van der Waals surface area contributed by atoms with Crippen LogP contribution in [-0.4, -0.2) is 23.0 Å². The van der Waals surface area contributed by atoms with E-state index in [4.69, 9.17) is 0 Å². The normalized spacial score (nSPS) is 11.5. The van der Waals surface area contributed by atoms with Crippen LogP contribution in [0.4, 0.5) is 14.5 Å². The smallest absolute Gasteiger partial charge is 0.239 e. The Balaban J connectivity index is 2.28. The van der Waals surface area contributed by atoms with Crippen LogP contribution >= 0.6 is 0 Å². The molecular weight excluding hydrogens is 288 g/mol. The van der Waals surface area contributed by atoms with E-state index in [1.54, 1.807) is 13.0 Å². The van der Waals surface area contributed by atoms with Crippen LogP contribution < -0.4 is 10.6 Å². The molecular formula is C16H19F2N3O. The lowest BCUT2D eigenvalue weighted by Gasteiger charge is -2.21. The van der Waals surface area contributed by atoms with Crippen LogP contribution in [0.2, 0.25) is 0 Å². The molecule has 0 saturated heterocycles. The van der Waals surface area contributed by atoms with Gasteiger partial charge in [-0.05, 0) is 45.9 Å². The highest BCUT2D eigenvalue weighted by atomic mass is 19.2. The van der Waals surface area contributed by atoms with Gasteiger partial charge in [-0.2, -0.15) is 0 Å². The number of amides is 1. The number of halogens is 2. The average Bonchev–Trinajstić information content (AvgIpc) is 2.39. The lowest BCUT2D eigenvalue weighted by Crippen LogP contribution is -2.43. The summed E-state index contributed by atoms with van der Waals surface area (Å²) in [5.41, 5.74) is 0.712. The zero-order chi connectivity index (χ0) is 16.5. The quantitative estimate of drug-likeness (QED) is 0.916. The Labute approximate surface area is 127 Å². The van der Waals surface area contributed by atoms with Crippen LogP contribution in [0.15, 0.2) is 18.2 Å². The van der Waals surface area contributed by atoms with E-state index in [9.17, 15) is 13.6 Å². The first-order chi connectivity index (χ1) is 10.2. The number of pyridine rings is 1. The maximum atomic E-state index is 13.8. The number of nitrogens with zero attached hydrogens (tertiary/aromatic N) is 1. The minimum Gasteiger partial charge on any atom is -0.376 e. The standard InChI is InChI=1S/C16H19F2N3O/c1-9-7-12(19-8-13(22)21-16(2,3)4)10-5-6-11(17)14(18)15(10)20-9/h5-7H,8H2,1-4H3,(H,19,20)(H,21,22). The number of aryl methyl sites for hydroxylation is 1. The summed E-state index contributed by atoms with van der Waals surface area (Å²) >= 11 is 0. The van der Waals surface area contributed by atoms with Gasteiger partial charge in [0.2, 0.25) is 5.91 Å². The number of rotatable bonds is 3. The SMILES string of the molecule is Cc1cc(NCC(=O)NC(C)(C)C)c2ccc(F)c(F)c2n1. The number of hydrogen-bond acceptors (Lipinski definition) is 3. The molecule has 0 spiro atoms. The second-order valence-electron chi connectivity index (χ2n) is 6.22. The fourth-order valence-corrected chi connectivity index (χ4v) is 2.15. The first kappa shape index (κ1) is 16.1. The molecule has 2 N–H and O–H groups in total. The highest BCUT2D eigenvalue weighted by Crippen LogP contribution is 2.26. The van der Waals surface area contributed by atoms with Crippen molar-refractivity contribution in [2.75, 3.05) is 11.9 Å². The summed E-state index contributed by atoms with van der Waals surface area (Å²) in [7, 11) is 0. The molecule has 1 heterocycles. The highest BCUT2D eigenvalue weighted by molar-refractivity contribution is 5.93. The van der Waals surface area contributed by atoms with Crippen molar-refractivity contribution in [3.8, 4) is 0 Å². The third-order valence-corrected chi connectivity index (χ3v) is 2.95. The van der Waals surface area contributed by atoms with E-state index in [1.165, 1.54) is 6.07 Å². The fourth-order valence-electron chi connectivity index (χ4n) is 2.15. The maximum absolute atomic E-state index is 13.8. The number of aromatic nitrogens is 1. The lowest BCUT2D eigenvalue weighted by molar-refractivity contribution is -0.120. The molecule has 0 unspecified atom stereocenters. The van der Waals surface area contributed by atoms with Crippen molar-refractivity contribution in [2.45, 2.75) is 33.2 Å². The van der Waals surface area contributed by atoms with Gasteiger partial charge in [0.05, 0.1) is 6.54 Å². The number of carbonyl (C=O) groups excluding carboxylic acids is 1. The Bertz CT molecular complexity index is 723. The molecule has 2 rings (SSSR count). The second-order valence-corrected chi connectivity index (χ2v) is 6.22. The van der Waals surface area contributed by atoms with Gasteiger partial charge in [-0.3, -0.25) is 4.79 Å². The van der Waals surface area contributed by atoms with E-state index in [0.29, 0.717) is 16.8 Å². The number of carbonyl (C=O) groups is 1. The fraction of sp³-hybridized carbons (Fsp3) is 0.375. The van der Waals surface area contributed by atoms with Gasteiger partial charge in [0.1, 0.15) is 5.52 Å². The van der Waals surface area contributed by atoms with Gasteiger partial charge in [0, 0.05) is 22.3 Å². The second kappa shape index (κ2) is 5.87. The summed E-state index contributed by atoms with van der Waals surface area (Å²) in [6.07, 6.45) is 0. The monoisotopic (exact) mass is 307 g/mol. The van der Waals surface area contributed by atoms with Gasteiger partial charge in [-0.25, -0.2) is 13.8 Å².